The van der Waals surface area contributed by atoms with Crippen LogP contribution < -0.4 is 4.31 Å². The summed E-state index contributed by atoms with van der Waals surface area (Å²) >= 11 is 0. The van der Waals surface area contributed by atoms with Crippen LogP contribution in [0.5, 0.6) is 0 Å². The van der Waals surface area contributed by atoms with Crippen molar-refractivity contribution in [1.82, 2.24) is 0 Å². The molecule has 0 atom stereocenters. The van der Waals surface area contributed by atoms with Gasteiger partial charge in [-0.2, -0.15) is 0 Å². The van der Waals surface area contributed by atoms with Gasteiger partial charge >= 0.3 is 0 Å². The van der Waals surface area contributed by atoms with Gasteiger partial charge in [-0.25, -0.2) is 8.42 Å². The Kier molecular flexibility index (Phi) is 5.92. The summed E-state index contributed by atoms with van der Waals surface area (Å²) in [6, 6.07) is 9.12. The van der Waals surface area contributed by atoms with Gasteiger partial charge in [-0.1, -0.05) is 44.0 Å². The number of benzene rings is 1. The van der Waals surface area contributed by atoms with Crippen LogP contribution in [0, 0.1) is 6.54 Å². The topological polar surface area (TPSA) is 37.4 Å². The Labute approximate surface area is 110 Å². The van der Waals surface area contributed by atoms with E-state index in [1.165, 1.54) is 10.4 Å². The van der Waals surface area contributed by atoms with Gasteiger partial charge < -0.3 is 0 Å². The molecule has 0 amide bonds. The molecule has 0 saturated carbocycles. The van der Waals surface area contributed by atoms with Crippen LogP contribution in [0.2, 0.25) is 0 Å². The number of hydrogen-bond donors (Lipinski definition) is 0. The van der Waals surface area contributed by atoms with Crippen LogP contribution in [0.1, 0.15) is 26.2 Å². The average molecular weight is 266 g/mol. The van der Waals surface area contributed by atoms with Crippen molar-refractivity contribution in [3.8, 4) is 0 Å². The molecule has 0 unspecified atom stereocenters. The summed E-state index contributed by atoms with van der Waals surface area (Å²) in [5.74, 6) is -0.0511. The SMILES string of the molecule is C=CCS(=O)(=O)N([CH]CCCC)c1ccccc1. The van der Waals surface area contributed by atoms with Crippen molar-refractivity contribution in [2.24, 2.45) is 0 Å². The highest BCUT2D eigenvalue weighted by molar-refractivity contribution is 7.93. The van der Waals surface area contributed by atoms with Gasteiger partial charge in [0.25, 0.3) is 0 Å². The quantitative estimate of drug-likeness (QED) is 0.534. The van der Waals surface area contributed by atoms with Crippen molar-refractivity contribution in [2.45, 2.75) is 26.2 Å². The number of anilines is 1. The molecule has 18 heavy (non-hydrogen) atoms. The Hall–Kier alpha value is -1.29. The molecule has 1 aromatic rings. The monoisotopic (exact) mass is 266 g/mol. The number of para-hydroxylation sites is 1. The predicted octanol–water partition coefficient (Wildman–Crippen LogP) is 3.36. The van der Waals surface area contributed by atoms with E-state index in [-0.39, 0.29) is 5.75 Å². The van der Waals surface area contributed by atoms with Crippen LogP contribution in [0.3, 0.4) is 0 Å². The highest BCUT2D eigenvalue weighted by Crippen LogP contribution is 2.21. The van der Waals surface area contributed by atoms with Gasteiger partial charge in [0.1, 0.15) is 0 Å². The van der Waals surface area contributed by atoms with Crippen molar-refractivity contribution in [1.29, 1.82) is 0 Å². The Morgan fingerprint density at radius 1 is 1.28 bits per heavy atom. The van der Waals surface area contributed by atoms with Crippen LogP contribution in [0.4, 0.5) is 5.69 Å². The summed E-state index contributed by atoms with van der Waals surface area (Å²) in [5, 5.41) is 0. The summed E-state index contributed by atoms with van der Waals surface area (Å²) in [7, 11) is -3.35. The molecule has 0 heterocycles. The fraction of sp³-hybridized carbons (Fsp3) is 0.357. The summed E-state index contributed by atoms with van der Waals surface area (Å²) in [5.41, 5.74) is 0.676. The first-order valence-corrected chi connectivity index (χ1v) is 7.74. The average Bonchev–Trinajstić information content (AvgIpc) is 2.35. The first-order valence-electron chi connectivity index (χ1n) is 6.13. The Morgan fingerprint density at radius 2 is 1.94 bits per heavy atom. The Balaban J connectivity index is 2.92. The normalized spacial score (nSPS) is 11.2. The molecule has 0 aromatic heterocycles. The van der Waals surface area contributed by atoms with Crippen LogP contribution in [0.15, 0.2) is 43.0 Å². The fourth-order valence-electron chi connectivity index (χ4n) is 1.60. The number of unbranched alkanes of at least 4 members (excludes halogenated alkanes) is 2. The third-order valence-electron chi connectivity index (χ3n) is 2.49. The van der Waals surface area contributed by atoms with E-state index in [0.717, 1.165) is 19.3 Å². The molecule has 4 heteroatoms. The number of sulfonamides is 1. The van der Waals surface area contributed by atoms with Gasteiger partial charge in [0, 0.05) is 0 Å². The Bertz CT molecular complexity index is 454. The summed E-state index contributed by atoms with van der Waals surface area (Å²) in [6.45, 7) is 7.33. The molecule has 0 spiro atoms. The maximum atomic E-state index is 12.1. The van der Waals surface area contributed by atoms with Gasteiger partial charge in [-0.3, -0.25) is 4.31 Å². The molecule has 0 bridgehead atoms. The summed E-state index contributed by atoms with van der Waals surface area (Å²) < 4.78 is 25.7. The third kappa shape index (κ3) is 4.18. The van der Waals surface area contributed by atoms with Crippen molar-refractivity contribution < 1.29 is 8.42 Å². The molecular weight excluding hydrogens is 246 g/mol. The van der Waals surface area contributed by atoms with E-state index in [1.807, 2.05) is 18.2 Å². The smallest absolute Gasteiger partial charge is 0.239 e. The minimum Gasteiger partial charge on any atom is -0.265 e. The van der Waals surface area contributed by atoms with Gasteiger partial charge in [-0.15, -0.1) is 6.58 Å². The molecule has 1 radical (unpaired) electrons. The second-order valence-electron chi connectivity index (χ2n) is 4.02. The van der Waals surface area contributed by atoms with E-state index in [4.69, 9.17) is 0 Å². The van der Waals surface area contributed by atoms with Gasteiger partial charge in [0.05, 0.1) is 18.0 Å². The van der Waals surface area contributed by atoms with Crippen molar-refractivity contribution in [2.75, 3.05) is 10.1 Å². The maximum Gasteiger partial charge on any atom is 0.239 e. The molecular formula is C14H20NO2S. The van der Waals surface area contributed by atoms with Gasteiger partial charge in [0.15, 0.2) is 0 Å². The van der Waals surface area contributed by atoms with E-state index >= 15 is 0 Å². The molecule has 0 aliphatic heterocycles. The van der Waals surface area contributed by atoms with Crippen molar-refractivity contribution >= 4 is 15.7 Å². The minimum absolute atomic E-state index is 0.0511. The zero-order valence-electron chi connectivity index (χ0n) is 10.7. The molecule has 3 nitrogen and oxygen atoms in total. The largest absolute Gasteiger partial charge is 0.265 e. The number of hydrogen-bond acceptors (Lipinski definition) is 2. The lowest BCUT2D eigenvalue weighted by Crippen LogP contribution is -2.30. The van der Waals surface area contributed by atoms with E-state index in [1.54, 1.807) is 18.7 Å². The second-order valence-corrected chi connectivity index (χ2v) is 5.91. The van der Waals surface area contributed by atoms with Crippen LogP contribution in [0.25, 0.3) is 0 Å². The molecule has 0 aliphatic carbocycles. The van der Waals surface area contributed by atoms with Gasteiger partial charge in [0.2, 0.25) is 10.0 Å². The third-order valence-corrected chi connectivity index (χ3v) is 4.11. The Morgan fingerprint density at radius 3 is 2.50 bits per heavy atom. The first kappa shape index (κ1) is 14.8. The molecule has 99 valence electrons. The lowest BCUT2D eigenvalue weighted by Gasteiger charge is -2.23. The van der Waals surface area contributed by atoms with Crippen LogP contribution >= 0.6 is 0 Å². The van der Waals surface area contributed by atoms with Crippen molar-refractivity contribution in [3.05, 3.63) is 49.5 Å². The number of rotatable bonds is 8. The van der Waals surface area contributed by atoms with E-state index in [9.17, 15) is 8.42 Å². The summed E-state index contributed by atoms with van der Waals surface area (Å²) in [6.07, 6.45) is 4.19. The zero-order valence-corrected chi connectivity index (χ0v) is 11.6. The van der Waals surface area contributed by atoms with Crippen LogP contribution in [-0.4, -0.2) is 14.2 Å². The number of nitrogens with zero attached hydrogens (tertiary/aromatic N) is 1. The first-order chi connectivity index (χ1) is 8.61. The summed E-state index contributed by atoms with van der Waals surface area (Å²) in [4.78, 5) is 0. The standard InChI is InChI=1S/C14H20NO2S/c1-3-5-9-12-15(18(16,17)13-4-2)14-10-7-6-8-11-14/h4,6-8,10-12H,2-3,5,9,13H2,1H3. The second kappa shape index (κ2) is 7.21. The lowest BCUT2D eigenvalue weighted by molar-refractivity contribution is 0.595. The molecule has 0 aliphatic rings. The molecule has 1 rings (SSSR count). The molecule has 0 N–H and O–H groups in total. The maximum absolute atomic E-state index is 12.1. The molecule has 0 fully saturated rings. The fourth-order valence-corrected chi connectivity index (χ4v) is 2.83. The highest BCUT2D eigenvalue weighted by atomic mass is 32.2. The lowest BCUT2D eigenvalue weighted by atomic mass is 10.2. The van der Waals surface area contributed by atoms with E-state index in [0.29, 0.717) is 5.69 Å². The highest BCUT2D eigenvalue weighted by Gasteiger charge is 2.20. The van der Waals surface area contributed by atoms with E-state index in [2.05, 4.69) is 13.5 Å². The van der Waals surface area contributed by atoms with Crippen molar-refractivity contribution in [3.63, 3.8) is 0 Å². The van der Waals surface area contributed by atoms with E-state index < -0.39 is 10.0 Å². The minimum atomic E-state index is -3.35. The molecule has 1 aromatic carbocycles. The zero-order chi connectivity index (χ0) is 13.4. The predicted molar refractivity (Wildman–Crippen MR) is 76.7 cm³/mol. The molecule has 0 saturated heterocycles. The van der Waals surface area contributed by atoms with Gasteiger partial charge in [-0.05, 0) is 18.6 Å². The van der Waals surface area contributed by atoms with Crippen LogP contribution in [-0.2, 0) is 10.0 Å².